The number of benzene rings is 1. The monoisotopic (exact) mass is 367 g/mol. The standard InChI is InChI=1S/C18H29NO3SSi/c1-7-8-9-10-14-11-16(19(20)21)12-15(13-23)17(14)22-24(5,6)18(2,3)4/h11-13H,7-10H2,1-6H3. The number of thiocarbonyl (C=S) groups is 1. The van der Waals surface area contributed by atoms with E-state index in [1.165, 1.54) is 11.4 Å². The SMILES string of the molecule is CCCCCc1cc([N+](=O)[O-])cc(C=S)c1O[Si](C)(C)C(C)(C)C. The van der Waals surface area contributed by atoms with Gasteiger partial charge in [-0.2, -0.15) is 0 Å². The Balaban J connectivity index is 3.38. The lowest BCUT2D eigenvalue weighted by Crippen LogP contribution is -2.44. The first-order valence-corrected chi connectivity index (χ1v) is 11.9. The number of nitrogens with zero attached hydrogens (tertiary/aromatic N) is 1. The lowest BCUT2D eigenvalue weighted by atomic mass is 10.0. The Morgan fingerprint density at radius 3 is 2.38 bits per heavy atom. The summed E-state index contributed by atoms with van der Waals surface area (Å²) in [7, 11) is -2.05. The van der Waals surface area contributed by atoms with E-state index in [4.69, 9.17) is 16.6 Å². The number of aryl methyl sites for hydroxylation is 1. The molecule has 0 saturated carbocycles. The number of non-ortho nitro benzene ring substituents is 1. The Kier molecular flexibility index (Phi) is 7.10. The Hall–Kier alpha value is -1.27. The molecule has 0 atom stereocenters. The molecule has 0 aliphatic carbocycles. The molecule has 6 heteroatoms. The van der Waals surface area contributed by atoms with Gasteiger partial charge in [-0.05, 0) is 31.0 Å². The van der Waals surface area contributed by atoms with Crippen LogP contribution in [0.1, 0.15) is 58.1 Å². The molecule has 24 heavy (non-hydrogen) atoms. The molecule has 1 rings (SSSR count). The van der Waals surface area contributed by atoms with Crippen molar-refractivity contribution < 1.29 is 9.35 Å². The summed E-state index contributed by atoms with van der Waals surface area (Å²) in [5.41, 5.74) is 1.63. The van der Waals surface area contributed by atoms with Gasteiger partial charge in [0.05, 0.1) is 4.92 Å². The molecule has 0 fully saturated rings. The van der Waals surface area contributed by atoms with Crippen molar-refractivity contribution in [2.75, 3.05) is 0 Å². The Bertz CT molecular complexity index is 609. The van der Waals surface area contributed by atoms with Crippen molar-refractivity contribution in [1.82, 2.24) is 0 Å². The highest BCUT2D eigenvalue weighted by Crippen LogP contribution is 2.40. The Labute approximate surface area is 151 Å². The van der Waals surface area contributed by atoms with Gasteiger partial charge >= 0.3 is 0 Å². The fraction of sp³-hybridized carbons (Fsp3) is 0.611. The predicted molar refractivity (Wildman–Crippen MR) is 107 cm³/mol. The van der Waals surface area contributed by atoms with Crippen molar-refractivity contribution in [3.05, 3.63) is 33.4 Å². The zero-order valence-corrected chi connectivity index (χ0v) is 17.5. The van der Waals surface area contributed by atoms with Gasteiger partial charge in [-0.15, -0.1) is 0 Å². The highest BCUT2D eigenvalue weighted by molar-refractivity contribution is 7.79. The molecule has 0 aromatic heterocycles. The Morgan fingerprint density at radius 1 is 1.29 bits per heavy atom. The summed E-state index contributed by atoms with van der Waals surface area (Å²) in [5, 5.41) is 12.8. The second-order valence-electron chi connectivity index (χ2n) is 7.72. The summed E-state index contributed by atoms with van der Waals surface area (Å²) in [4.78, 5) is 10.9. The van der Waals surface area contributed by atoms with E-state index in [0.29, 0.717) is 5.56 Å². The smallest absolute Gasteiger partial charge is 0.270 e. The predicted octanol–water partition coefficient (Wildman–Crippen LogP) is 6.06. The minimum absolute atomic E-state index is 0.0498. The van der Waals surface area contributed by atoms with E-state index in [1.807, 2.05) is 0 Å². The molecule has 0 radical (unpaired) electrons. The quantitative estimate of drug-likeness (QED) is 0.184. The summed E-state index contributed by atoms with van der Waals surface area (Å²) in [6.07, 6.45) is 3.96. The van der Waals surface area contributed by atoms with Gasteiger partial charge in [0.15, 0.2) is 0 Å². The van der Waals surface area contributed by atoms with E-state index in [9.17, 15) is 10.1 Å². The van der Waals surface area contributed by atoms with E-state index < -0.39 is 8.32 Å². The van der Waals surface area contributed by atoms with Gasteiger partial charge in [0.1, 0.15) is 5.75 Å². The molecule has 0 aliphatic rings. The molecule has 4 nitrogen and oxygen atoms in total. The average molecular weight is 368 g/mol. The highest BCUT2D eigenvalue weighted by atomic mass is 32.1. The molecule has 0 spiro atoms. The second-order valence-corrected chi connectivity index (χ2v) is 12.7. The van der Waals surface area contributed by atoms with E-state index >= 15 is 0 Å². The number of unbranched alkanes of at least 4 members (excludes halogenated alkanes) is 2. The van der Waals surface area contributed by atoms with Gasteiger partial charge in [-0.25, -0.2) is 0 Å². The fourth-order valence-electron chi connectivity index (χ4n) is 2.17. The van der Waals surface area contributed by atoms with Gasteiger partial charge in [0.25, 0.3) is 14.0 Å². The number of rotatable bonds is 8. The van der Waals surface area contributed by atoms with Crippen LogP contribution < -0.4 is 4.43 Å². The van der Waals surface area contributed by atoms with Gasteiger partial charge in [0.2, 0.25) is 0 Å². The summed E-state index contributed by atoms with van der Waals surface area (Å²) < 4.78 is 6.50. The number of hydrogen-bond acceptors (Lipinski definition) is 4. The second kappa shape index (κ2) is 8.21. The summed E-state index contributed by atoms with van der Waals surface area (Å²) >= 11 is 5.12. The maximum absolute atomic E-state index is 11.2. The van der Waals surface area contributed by atoms with Gasteiger partial charge in [0, 0.05) is 28.6 Å². The third kappa shape index (κ3) is 5.11. The van der Waals surface area contributed by atoms with Crippen molar-refractivity contribution in [2.45, 2.75) is 71.5 Å². The fourth-order valence-corrected chi connectivity index (χ4v) is 3.41. The molecule has 1 aromatic rings. The van der Waals surface area contributed by atoms with Crippen LogP contribution in [0.2, 0.25) is 18.1 Å². The molecule has 1 aromatic carbocycles. The van der Waals surface area contributed by atoms with Crippen molar-refractivity contribution in [3.8, 4) is 5.75 Å². The van der Waals surface area contributed by atoms with Crippen molar-refractivity contribution in [3.63, 3.8) is 0 Å². The van der Waals surface area contributed by atoms with Gasteiger partial charge in [-0.3, -0.25) is 10.1 Å². The van der Waals surface area contributed by atoms with Crippen LogP contribution in [0, 0.1) is 10.1 Å². The molecule has 134 valence electrons. The normalized spacial score (nSPS) is 12.1. The molecule has 0 aliphatic heterocycles. The molecule has 0 unspecified atom stereocenters. The van der Waals surface area contributed by atoms with Crippen LogP contribution in [0.25, 0.3) is 0 Å². The van der Waals surface area contributed by atoms with Crippen LogP contribution in [0.5, 0.6) is 5.75 Å². The number of nitro groups is 1. The molecular formula is C18H29NO3SSi. The van der Waals surface area contributed by atoms with Crippen molar-refractivity contribution in [1.29, 1.82) is 0 Å². The van der Waals surface area contributed by atoms with Crippen molar-refractivity contribution in [2.24, 2.45) is 0 Å². The first-order chi connectivity index (χ1) is 11.0. The molecule has 0 N–H and O–H groups in total. The van der Waals surface area contributed by atoms with E-state index in [-0.39, 0.29) is 15.6 Å². The molecule has 0 heterocycles. The Morgan fingerprint density at radius 2 is 1.92 bits per heavy atom. The first-order valence-electron chi connectivity index (χ1n) is 8.49. The molecule has 0 amide bonds. The van der Waals surface area contributed by atoms with Crippen LogP contribution in [0.15, 0.2) is 12.1 Å². The van der Waals surface area contributed by atoms with E-state index in [0.717, 1.165) is 37.0 Å². The minimum atomic E-state index is -2.05. The lowest BCUT2D eigenvalue weighted by Gasteiger charge is -2.37. The van der Waals surface area contributed by atoms with Gasteiger partial charge < -0.3 is 4.43 Å². The molecule has 0 bridgehead atoms. The van der Waals surface area contributed by atoms with E-state index in [1.54, 1.807) is 6.07 Å². The first kappa shape index (κ1) is 20.8. The molecule has 0 saturated heterocycles. The average Bonchev–Trinajstić information content (AvgIpc) is 2.47. The van der Waals surface area contributed by atoms with Crippen molar-refractivity contribution >= 4 is 31.6 Å². The summed E-state index contributed by atoms with van der Waals surface area (Å²) in [6.45, 7) is 13.0. The zero-order chi connectivity index (χ0) is 18.5. The third-order valence-electron chi connectivity index (χ3n) is 4.73. The largest absolute Gasteiger partial charge is 0.543 e. The number of hydrogen-bond donors (Lipinski definition) is 0. The zero-order valence-electron chi connectivity index (χ0n) is 15.6. The lowest BCUT2D eigenvalue weighted by molar-refractivity contribution is -0.384. The maximum Gasteiger partial charge on any atom is 0.270 e. The van der Waals surface area contributed by atoms with Gasteiger partial charge in [-0.1, -0.05) is 52.8 Å². The van der Waals surface area contributed by atoms with Crippen LogP contribution in [-0.4, -0.2) is 18.6 Å². The van der Waals surface area contributed by atoms with Crippen LogP contribution in [0.3, 0.4) is 0 Å². The highest BCUT2D eigenvalue weighted by Gasteiger charge is 2.40. The third-order valence-corrected chi connectivity index (χ3v) is 9.31. The van der Waals surface area contributed by atoms with Crippen LogP contribution >= 0.6 is 12.2 Å². The van der Waals surface area contributed by atoms with E-state index in [2.05, 4.69) is 40.8 Å². The molecular weight excluding hydrogens is 338 g/mol. The summed E-state index contributed by atoms with van der Waals surface area (Å²) in [5.74, 6) is 0.748. The topological polar surface area (TPSA) is 52.4 Å². The van der Waals surface area contributed by atoms with Crippen LogP contribution in [-0.2, 0) is 6.42 Å². The minimum Gasteiger partial charge on any atom is -0.543 e. The number of nitro benzene ring substituents is 1. The van der Waals surface area contributed by atoms with Crippen LogP contribution in [0.4, 0.5) is 5.69 Å². The maximum atomic E-state index is 11.2. The summed E-state index contributed by atoms with van der Waals surface area (Å²) in [6, 6.07) is 3.18.